The van der Waals surface area contributed by atoms with Crippen LogP contribution >= 0.6 is 0 Å². The lowest BCUT2D eigenvalue weighted by Crippen LogP contribution is -2.33. The van der Waals surface area contributed by atoms with Crippen molar-refractivity contribution in [1.82, 2.24) is 14.3 Å². The maximum atomic E-state index is 12.5. The first-order chi connectivity index (χ1) is 11.0. The molecule has 2 heterocycles. The molecule has 0 saturated heterocycles. The lowest BCUT2D eigenvalue weighted by Gasteiger charge is -2.23. The van der Waals surface area contributed by atoms with Crippen LogP contribution in [0.25, 0.3) is 0 Å². The quantitative estimate of drug-likeness (QED) is 0.922. The predicted octanol–water partition coefficient (Wildman–Crippen LogP) is 1.60. The van der Waals surface area contributed by atoms with Crippen LogP contribution in [0.4, 0.5) is 0 Å². The summed E-state index contributed by atoms with van der Waals surface area (Å²) in [4.78, 5) is 4.47. The summed E-state index contributed by atoms with van der Waals surface area (Å²) in [7, 11) is -3.62. The molecular formula is C16H18N4O2S. The number of benzene rings is 1. The Morgan fingerprint density at radius 1 is 1.48 bits per heavy atom. The maximum absolute atomic E-state index is 12.5. The first kappa shape index (κ1) is 15.7. The average Bonchev–Trinajstić information content (AvgIpc) is 3.01. The Labute approximate surface area is 135 Å². The van der Waals surface area contributed by atoms with Gasteiger partial charge in [0.15, 0.2) is 0 Å². The molecule has 0 bridgehead atoms. The molecule has 23 heavy (non-hydrogen) atoms. The fraction of sp³-hybridized carbons (Fsp3) is 0.375. The lowest BCUT2D eigenvalue weighted by molar-refractivity contribution is 0.379. The van der Waals surface area contributed by atoms with E-state index < -0.39 is 10.0 Å². The van der Waals surface area contributed by atoms with Gasteiger partial charge in [0.05, 0.1) is 16.5 Å². The van der Waals surface area contributed by atoms with Crippen LogP contribution in [-0.4, -0.2) is 24.5 Å². The number of nitrogens with one attached hydrogen (secondary N) is 1. The summed E-state index contributed by atoms with van der Waals surface area (Å²) in [6, 6.07) is 6.68. The minimum atomic E-state index is -3.62. The van der Waals surface area contributed by atoms with Crippen molar-refractivity contribution in [3.05, 3.63) is 47.5 Å². The molecule has 6 nitrogen and oxygen atoms in total. The number of hydrogen-bond donors (Lipinski definition) is 1. The molecule has 1 N–H and O–H groups in total. The smallest absolute Gasteiger partial charge is 0.240 e. The Morgan fingerprint density at radius 2 is 2.30 bits per heavy atom. The number of aromatic nitrogens is 2. The molecule has 0 fully saturated rings. The van der Waals surface area contributed by atoms with E-state index in [0.29, 0.717) is 17.7 Å². The van der Waals surface area contributed by atoms with Crippen molar-refractivity contribution >= 4 is 10.0 Å². The number of nitriles is 1. The third kappa shape index (κ3) is 3.28. The van der Waals surface area contributed by atoms with E-state index >= 15 is 0 Å². The van der Waals surface area contributed by atoms with E-state index in [1.54, 1.807) is 25.3 Å². The summed E-state index contributed by atoms with van der Waals surface area (Å²) in [6.07, 6.45) is 5.42. The molecule has 2 aromatic rings. The molecule has 7 heteroatoms. The molecule has 0 aliphatic carbocycles. The summed E-state index contributed by atoms with van der Waals surface area (Å²) >= 11 is 0. The summed E-state index contributed by atoms with van der Waals surface area (Å²) in [5, 5.41) is 8.95. The maximum Gasteiger partial charge on any atom is 0.240 e. The molecule has 1 aromatic carbocycles. The Balaban J connectivity index is 1.72. The van der Waals surface area contributed by atoms with Gasteiger partial charge in [0.1, 0.15) is 5.82 Å². The monoisotopic (exact) mass is 330 g/mol. The highest BCUT2D eigenvalue weighted by atomic mass is 32.2. The van der Waals surface area contributed by atoms with E-state index in [0.717, 1.165) is 25.2 Å². The van der Waals surface area contributed by atoms with Gasteiger partial charge in [-0.25, -0.2) is 18.1 Å². The normalized spacial score (nSPS) is 17.5. The van der Waals surface area contributed by atoms with Crippen LogP contribution in [0.1, 0.15) is 23.4 Å². The number of sulfonamides is 1. The highest BCUT2D eigenvalue weighted by Crippen LogP contribution is 2.20. The largest absolute Gasteiger partial charge is 0.335 e. The molecule has 1 aromatic heterocycles. The van der Waals surface area contributed by atoms with Crippen molar-refractivity contribution in [2.45, 2.75) is 31.2 Å². The van der Waals surface area contributed by atoms with E-state index in [-0.39, 0.29) is 10.8 Å². The minimum absolute atomic E-state index is 0.175. The second kappa shape index (κ2) is 6.14. The molecule has 1 atom stereocenters. The molecular weight excluding hydrogens is 312 g/mol. The summed E-state index contributed by atoms with van der Waals surface area (Å²) in [6.45, 7) is 2.98. The van der Waals surface area contributed by atoms with Crippen molar-refractivity contribution in [1.29, 1.82) is 5.26 Å². The number of hydrogen-bond acceptors (Lipinski definition) is 4. The van der Waals surface area contributed by atoms with E-state index in [1.807, 2.05) is 12.3 Å². The van der Waals surface area contributed by atoms with Gasteiger partial charge >= 0.3 is 0 Å². The van der Waals surface area contributed by atoms with Gasteiger partial charge in [0.25, 0.3) is 0 Å². The Morgan fingerprint density at radius 3 is 3.09 bits per heavy atom. The molecule has 120 valence electrons. The highest BCUT2D eigenvalue weighted by Gasteiger charge is 2.23. The molecule has 3 rings (SSSR count). The predicted molar refractivity (Wildman–Crippen MR) is 85.1 cm³/mol. The van der Waals surface area contributed by atoms with Crippen LogP contribution < -0.4 is 4.72 Å². The summed E-state index contributed by atoms with van der Waals surface area (Å²) < 4.78 is 29.8. The molecule has 1 unspecified atom stereocenters. The van der Waals surface area contributed by atoms with E-state index in [9.17, 15) is 8.42 Å². The molecule has 0 amide bonds. The van der Waals surface area contributed by atoms with Crippen molar-refractivity contribution in [3.8, 4) is 6.07 Å². The van der Waals surface area contributed by atoms with Gasteiger partial charge in [-0.3, -0.25) is 0 Å². The number of aryl methyl sites for hydroxylation is 2. The second-order valence-corrected chi connectivity index (χ2v) is 7.58. The third-order valence-corrected chi connectivity index (χ3v) is 5.79. The zero-order chi connectivity index (χ0) is 16.4. The fourth-order valence-corrected chi connectivity index (χ4v) is 4.24. The molecule has 0 saturated carbocycles. The van der Waals surface area contributed by atoms with Crippen LogP contribution in [0.5, 0.6) is 0 Å². The summed E-state index contributed by atoms with van der Waals surface area (Å²) in [5.41, 5.74) is 0.978. The number of imidazole rings is 1. The van der Waals surface area contributed by atoms with Gasteiger partial charge in [-0.05, 0) is 37.0 Å². The molecule has 1 aliphatic heterocycles. The van der Waals surface area contributed by atoms with Crippen molar-refractivity contribution in [2.24, 2.45) is 5.92 Å². The van der Waals surface area contributed by atoms with Gasteiger partial charge in [-0.1, -0.05) is 6.07 Å². The molecule has 1 aliphatic rings. The molecule has 0 spiro atoms. The van der Waals surface area contributed by atoms with E-state index in [4.69, 9.17) is 5.26 Å². The highest BCUT2D eigenvalue weighted by molar-refractivity contribution is 7.89. The Hall–Kier alpha value is -2.17. The van der Waals surface area contributed by atoms with Crippen LogP contribution in [0.2, 0.25) is 0 Å². The topological polar surface area (TPSA) is 87.8 Å². The number of nitrogens with zero attached hydrogens (tertiary/aromatic N) is 3. The first-order valence-electron chi connectivity index (χ1n) is 7.50. The van der Waals surface area contributed by atoms with Crippen molar-refractivity contribution < 1.29 is 8.42 Å². The van der Waals surface area contributed by atoms with Gasteiger partial charge in [0.2, 0.25) is 10.0 Å². The van der Waals surface area contributed by atoms with Crippen LogP contribution in [0, 0.1) is 24.2 Å². The lowest BCUT2D eigenvalue weighted by atomic mass is 9.98. The fourth-order valence-electron chi connectivity index (χ4n) is 2.85. The Bertz CT molecular complexity index is 864. The standard InChI is InChI=1S/C16H18N4O2S/c1-12-2-3-13(10-17)8-15(12)23(21,22)19-11-14-4-6-20-7-5-18-16(20)9-14/h2-3,5,7-8,14,19H,4,6,9,11H2,1H3. The van der Waals surface area contributed by atoms with Crippen LogP contribution in [-0.2, 0) is 23.0 Å². The van der Waals surface area contributed by atoms with E-state index in [1.165, 1.54) is 6.07 Å². The first-order valence-corrected chi connectivity index (χ1v) is 8.98. The van der Waals surface area contributed by atoms with Crippen molar-refractivity contribution in [2.75, 3.05) is 6.54 Å². The van der Waals surface area contributed by atoms with Gasteiger partial charge in [-0.2, -0.15) is 5.26 Å². The SMILES string of the molecule is Cc1ccc(C#N)cc1S(=O)(=O)NCC1CCn2ccnc2C1. The summed E-state index contributed by atoms with van der Waals surface area (Å²) in [5.74, 6) is 1.24. The number of fused-ring (bicyclic) bond motifs is 1. The average molecular weight is 330 g/mol. The van der Waals surface area contributed by atoms with E-state index in [2.05, 4.69) is 14.3 Å². The zero-order valence-corrected chi connectivity index (χ0v) is 13.7. The van der Waals surface area contributed by atoms with Gasteiger partial charge in [-0.15, -0.1) is 0 Å². The third-order valence-electron chi connectivity index (χ3n) is 4.22. The second-order valence-electron chi connectivity index (χ2n) is 5.84. The van der Waals surface area contributed by atoms with Crippen LogP contribution in [0.3, 0.4) is 0 Å². The zero-order valence-electron chi connectivity index (χ0n) is 12.9. The van der Waals surface area contributed by atoms with Gasteiger partial charge < -0.3 is 4.57 Å². The van der Waals surface area contributed by atoms with Crippen molar-refractivity contribution in [3.63, 3.8) is 0 Å². The number of rotatable bonds is 4. The van der Waals surface area contributed by atoms with Crippen LogP contribution in [0.15, 0.2) is 35.5 Å². The van der Waals surface area contributed by atoms with Gasteiger partial charge in [0, 0.05) is 31.9 Å². The Kier molecular flexibility index (Phi) is 4.20. The minimum Gasteiger partial charge on any atom is -0.335 e. The molecule has 0 radical (unpaired) electrons.